The lowest BCUT2D eigenvalue weighted by Crippen LogP contribution is -2.48. The van der Waals surface area contributed by atoms with Crippen LogP contribution in [0.2, 0.25) is 0 Å². The van der Waals surface area contributed by atoms with Crippen molar-refractivity contribution in [2.24, 2.45) is 5.73 Å². The van der Waals surface area contributed by atoms with E-state index in [0.717, 1.165) is 11.5 Å². The monoisotopic (exact) mass is 370 g/mol. The van der Waals surface area contributed by atoms with Crippen molar-refractivity contribution in [3.8, 4) is 0 Å². The Morgan fingerprint density at radius 1 is 1.17 bits per heavy atom. The number of benzene rings is 1. The van der Waals surface area contributed by atoms with Gasteiger partial charge in [0.15, 0.2) is 0 Å². The van der Waals surface area contributed by atoms with E-state index in [9.17, 15) is 4.79 Å². The molecular weight excluding hydrogens is 347 g/mol. The molecule has 0 saturated carbocycles. The summed E-state index contributed by atoms with van der Waals surface area (Å²) >= 11 is 0. The Morgan fingerprint density at radius 3 is 2.29 bits per heavy atom. The summed E-state index contributed by atoms with van der Waals surface area (Å²) in [6, 6.07) is 13.5. The van der Waals surface area contributed by atoms with E-state index in [4.69, 9.17) is 5.73 Å². The molecule has 0 saturated heterocycles. The van der Waals surface area contributed by atoms with E-state index in [-0.39, 0.29) is 30.7 Å². The number of rotatable bonds is 5. The molecule has 1 amide bonds. The second-order valence-corrected chi connectivity index (χ2v) is 5.84. The number of carbonyl (C=O) groups is 1. The van der Waals surface area contributed by atoms with Gasteiger partial charge in [-0.25, -0.2) is 4.98 Å². The van der Waals surface area contributed by atoms with Crippen molar-refractivity contribution in [2.45, 2.75) is 19.4 Å². The molecule has 0 bridgehead atoms. The lowest BCUT2D eigenvalue weighted by molar-refractivity contribution is 0.0915. The third-order valence-corrected chi connectivity index (χ3v) is 3.46. The first-order chi connectivity index (χ1) is 10.4. The number of hydrogen-bond acceptors (Lipinski definition) is 4. The van der Waals surface area contributed by atoms with Gasteiger partial charge >= 0.3 is 0 Å². The van der Waals surface area contributed by atoms with Crippen molar-refractivity contribution in [2.75, 3.05) is 18.5 Å². The van der Waals surface area contributed by atoms with Crippen molar-refractivity contribution in [1.82, 2.24) is 10.3 Å². The van der Waals surface area contributed by atoms with Crippen LogP contribution in [0.15, 0.2) is 48.7 Å². The maximum atomic E-state index is 12.2. The predicted molar refractivity (Wildman–Crippen MR) is 104 cm³/mol. The molecule has 1 aromatic heterocycles. The SMILES string of the molecule is CN(c1ccccc1)c1ccc(C(=O)NC(C)(C)CN)cn1.Cl.Cl. The van der Waals surface area contributed by atoms with Gasteiger partial charge in [-0.1, -0.05) is 18.2 Å². The average molecular weight is 371 g/mol. The van der Waals surface area contributed by atoms with Crippen molar-refractivity contribution >= 4 is 42.2 Å². The van der Waals surface area contributed by atoms with Gasteiger partial charge in [-0.15, -0.1) is 24.8 Å². The molecule has 0 aliphatic carbocycles. The smallest absolute Gasteiger partial charge is 0.253 e. The van der Waals surface area contributed by atoms with Crippen LogP contribution in [0.5, 0.6) is 0 Å². The quantitative estimate of drug-likeness (QED) is 0.847. The summed E-state index contributed by atoms with van der Waals surface area (Å²) in [5.74, 6) is 0.609. The first kappa shape index (κ1) is 22.2. The number of carbonyl (C=O) groups excluding carboxylic acids is 1. The minimum absolute atomic E-state index is 0. The zero-order valence-corrected chi connectivity index (χ0v) is 15.7. The van der Waals surface area contributed by atoms with Gasteiger partial charge in [-0.3, -0.25) is 4.79 Å². The summed E-state index contributed by atoms with van der Waals surface area (Å²) in [7, 11) is 1.94. The van der Waals surface area contributed by atoms with E-state index in [2.05, 4.69) is 10.3 Å². The van der Waals surface area contributed by atoms with Gasteiger partial charge < -0.3 is 16.0 Å². The lowest BCUT2D eigenvalue weighted by atomic mass is 10.1. The Balaban J connectivity index is 0.00000264. The van der Waals surface area contributed by atoms with E-state index < -0.39 is 5.54 Å². The highest BCUT2D eigenvalue weighted by molar-refractivity contribution is 5.94. The van der Waals surface area contributed by atoms with Crippen LogP contribution in [0.3, 0.4) is 0 Å². The maximum absolute atomic E-state index is 12.2. The predicted octanol–water partition coefficient (Wildman–Crippen LogP) is 3.16. The minimum Gasteiger partial charge on any atom is -0.346 e. The van der Waals surface area contributed by atoms with Gasteiger partial charge in [0, 0.05) is 31.0 Å². The number of para-hydroxylation sites is 1. The molecule has 1 heterocycles. The minimum atomic E-state index is -0.434. The first-order valence-corrected chi connectivity index (χ1v) is 7.20. The third kappa shape index (κ3) is 5.67. The summed E-state index contributed by atoms with van der Waals surface area (Å²) in [5, 5.41) is 2.89. The number of amides is 1. The van der Waals surface area contributed by atoms with E-state index in [0.29, 0.717) is 12.1 Å². The van der Waals surface area contributed by atoms with Gasteiger partial charge in [-0.05, 0) is 38.1 Å². The Kier molecular flexibility index (Phi) is 8.75. The molecule has 0 aliphatic rings. The Labute approximate surface area is 155 Å². The van der Waals surface area contributed by atoms with Crippen LogP contribution < -0.4 is 16.0 Å². The van der Waals surface area contributed by atoms with E-state index >= 15 is 0 Å². The number of hydrogen-bond donors (Lipinski definition) is 2. The molecule has 5 nitrogen and oxygen atoms in total. The normalized spacial score (nSPS) is 10.2. The maximum Gasteiger partial charge on any atom is 0.253 e. The van der Waals surface area contributed by atoms with E-state index in [1.807, 2.05) is 62.2 Å². The highest BCUT2D eigenvalue weighted by Crippen LogP contribution is 2.20. The second-order valence-electron chi connectivity index (χ2n) is 5.84. The second kappa shape index (κ2) is 9.47. The number of nitrogens with two attached hydrogens (primary N) is 1. The molecule has 24 heavy (non-hydrogen) atoms. The zero-order valence-electron chi connectivity index (χ0n) is 14.0. The number of pyridine rings is 1. The van der Waals surface area contributed by atoms with Crippen molar-refractivity contribution in [3.05, 3.63) is 54.2 Å². The van der Waals surface area contributed by atoms with Crippen LogP contribution in [0, 0.1) is 0 Å². The molecule has 132 valence electrons. The average Bonchev–Trinajstić information content (AvgIpc) is 2.55. The van der Waals surface area contributed by atoms with Crippen molar-refractivity contribution in [3.63, 3.8) is 0 Å². The van der Waals surface area contributed by atoms with Gasteiger partial charge in [0.25, 0.3) is 5.91 Å². The molecule has 0 unspecified atom stereocenters. The Morgan fingerprint density at radius 2 is 1.79 bits per heavy atom. The zero-order chi connectivity index (χ0) is 16.2. The number of halogens is 2. The Bertz CT molecular complexity index is 633. The van der Waals surface area contributed by atoms with Crippen LogP contribution >= 0.6 is 24.8 Å². The fourth-order valence-electron chi connectivity index (χ4n) is 1.93. The molecule has 0 fully saturated rings. The first-order valence-electron chi connectivity index (χ1n) is 7.20. The van der Waals surface area contributed by atoms with Crippen LogP contribution in [0.1, 0.15) is 24.2 Å². The molecule has 0 spiro atoms. The molecule has 0 aliphatic heterocycles. The molecule has 0 radical (unpaired) electrons. The van der Waals surface area contributed by atoms with E-state index in [1.165, 1.54) is 0 Å². The topological polar surface area (TPSA) is 71.2 Å². The summed E-state index contributed by atoms with van der Waals surface area (Å²) in [6.45, 7) is 4.15. The van der Waals surface area contributed by atoms with E-state index in [1.54, 1.807) is 12.3 Å². The standard InChI is InChI=1S/C17H22N4O.2ClH/c1-17(2,12-18)20-16(22)13-9-10-15(19-11-13)21(3)14-7-5-4-6-8-14;;/h4-11H,12,18H2,1-3H3,(H,20,22);2*1H. The number of anilines is 2. The number of aromatic nitrogens is 1. The van der Waals surface area contributed by atoms with Crippen molar-refractivity contribution < 1.29 is 4.79 Å². The molecule has 1 aromatic carbocycles. The highest BCUT2D eigenvalue weighted by atomic mass is 35.5. The molecule has 2 rings (SSSR count). The van der Waals surface area contributed by atoms with Gasteiger partial charge in [0.2, 0.25) is 0 Å². The van der Waals surface area contributed by atoms with Gasteiger partial charge in [0.05, 0.1) is 5.56 Å². The fourth-order valence-corrected chi connectivity index (χ4v) is 1.93. The van der Waals surface area contributed by atoms with Crippen molar-refractivity contribution in [1.29, 1.82) is 0 Å². The summed E-state index contributed by atoms with van der Waals surface area (Å²) in [4.78, 5) is 18.5. The lowest BCUT2D eigenvalue weighted by Gasteiger charge is -2.24. The molecular formula is C17H24Cl2N4O. The van der Waals surface area contributed by atoms with Crippen LogP contribution in [0.25, 0.3) is 0 Å². The summed E-state index contributed by atoms with van der Waals surface area (Å²) in [5.41, 5.74) is 6.75. The molecule has 0 atom stereocenters. The van der Waals surface area contributed by atoms with Gasteiger partial charge in [-0.2, -0.15) is 0 Å². The Hall–Kier alpha value is -1.82. The van der Waals surface area contributed by atoms with Crippen LogP contribution in [-0.2, 0) is 0 Å². The summed E-state index contributed by atoms with van der Waals surface area (Å²) < 4.78 is 0. The van der Waals surface area contributed by atoms with Crippen LogP contribution in [0.4, 0.5) is 11.5 Å². The van der Waals surface area contributed by atoms with Crippen LogP contribution in [-0.4, -0.2) is 30.0 Å². The fraction of sp³-hybridized carbons (Fsp3) is 0.294. The molecule has 3 N–H and O–H groups in total. The number of nitrogens with one attached hydrogen (secondary N) is 1. The largest absolute Gasteiger partial charge is 0.346 e. The molecule has 2 aromatic rings. The number of nitrogens with zero attached hydrogens (tertiary/aromatic N) is 2. The third-order valence-electron chi connectivity index (χ3n) is 3.46. The van der Waals surface area contributed by atoms with Gasteiger partial charge in [0.1, 0.15) is 5.82 Å². The molecule has 7 heteroatoms. The highest BCUT2D eigenvalue weighted by Gasteiger charge is 2.19. The summed E-state index contributed by atoms with van der Waals surface area (Å²) in [6.07, 6.45) is 1.58.